The van der Waals surface area contributed by atoms with E-state index in [-0.39, 0.29) is 12.1 Å². The first-order valence-electron chi connectivity index (χ1n) is 7.08. The highest BCUT2D eigenvalue weighted by Crippen LogP contribution is 2.29. The maximum atomic E-state index is 12.9. The van der Waals surface area contributed by atoms with Gasteiger partial charge >= 0.3 is 0 Å². The molecule has 2 N–H and O–H groups in total. The summed E-state index contributed by atoms with van der Waals surface area (Å²) in [7, 11) is -3.43. The predicted octanol–water partition coefficient (Wildman–Crippen LogP) is 2.11. The van der Waals surface area contributed by atoms with Crippen LogP contribution in [0.2, 0.25) is 0 Å². The normalized spacial score (nSPS) is 24.9. The fourth-order valence-corrected chi connectivity index (χ4v) is 5.31. The second-order valence-corrected chi connectivity index (χ2v) is 7.80. The zero-order valence-corrected chi connectivity index (χ0v) is 13.5. The summed E-state index contributed by atoms with van der Waals surface area (Å²) in [5.74, 6) is 0. The summed E-state index contributed by atoms with van der Waals surface area (Å²) in [6, 6.07) is 3.93. The second kappa shape index (κ2) is 5.47. The lowest BCUT2D eigenvalue weighted by molar-refractivity contribution is 0.247. The van der Waals surface area contributed by atoms with E-state index in [1.165, 1.54) is 0 Å². The lowest BCUT2D eigenvalue weighted by Crippen LogP contribution is -2.48. The average Bonchev–Trinajstić information content (AvgIpc) is 2.25. The van der Waals surface area contributed by atoms with Gasteiger partial charge in [0.05, 0.1) is 4.90 Å². The summed E-state index contributed by atoms with van der Waals surface area (Å²) < 4.78 is 27.5. The number of nitrogens with zero attached hydrogens (tertiary/aromatic N) is 1. The van der Waals surface area contributed by atoms with Crippen LogP contribution in [0, 0.1) is 20.8 Å². The van der Waals surface area contributed by atoms with E-state index in [0.29, 0.717) is 11.4 Å². The Kier molecular flexibility index (Phi) is 4.23. The number of rotatable bonds is 2. The molecule has 1 aliphatic heterocycles. The lowest BCUT2D eigenvalue weighted by Gasteiger charge is -2.36. The van der Waals surface area contributed by atoms with Gasteiger partial charge < -0.3 is 5.73 Å². The monoisotopic (exact) mass is 296 g/mol. The minimum Gasteiger partial charge on any atom is -0.328 e. The molecule has 2 atom stereocenters. The lowest BCUT2D eigenvalue weighted by atomic mass is 10.0. The number of hydrogen-bond donors (Lipinski definition) is 1. The summed E-state index contributed by atoms with van der Waals surface area (Å²) in [6.07, 6.45) is 1.46. The molecular formula is C15H24N2O2S. The van der Waals surface area contributed by atoms with E-state index >= 15 is 0 Å². The Morgan fingerprint density at radius 2 is 1.75 bits per heavy atom. The van der Waals surface area contributed by atoms with Crippen LogP contribution in [0.15, 0.2) is 17.0 Å². The zero-order chi connectivity index (χ0) is 15.1. The van der Waals surface area contributed by atoms with Crippen LogP contribution in [0.25, 0.3) is 0 Å². The quantitative estimate of drug-likeness (QED) is 0.909. The van der Waals surface area contributed by atoms with Crippen LogP contribution in [0.1, 0.15) is 36.5 Å². The highest BCUT2D eigenvalue weighted by Gasteiger charge is 2.35. The Morgan fingerprint density at radius 3 is 2.25 bits per heavy atom. The molecule has 2 rings (SSSR count). The highest BCUT2D eigenvalue weighted by molar-refractivity contribution is 7.89. The van der Waals surface area contributed by atoms with E-state index in [1.807, 2.05) is 39.8 Å². The van der Waals surface area contributed by atoms with E-state index in [0.717, 1.165) is 29.5 Å². The standard InChI is InChI=1S/C15H24N2O2S/c1-10-7-11(2)15(12(3)8-10)20(18,19)17-6-5-14(16)9-13(17)4/h7-8,13-14H,5-6,9,16H2,1-4H3. The smallest absolute Gasteiger partial charge is 0.243 e. The van der Waals surface area contributed by atoms with Crippen LogP contribution < -0.4 is 5.73 Å². The molecule has 1 aromatic rings. The molecule has 1 saturated heterocycles. The van der Waals surface area contributed by atoms with E-state index < -0.39 is 10.0 Å². The zero-order valence-electron chi connectivity index (χ0n) is 12.7. The van der Waals surface area contributed by atoms with Crippen molar-refractivity contribution < 1.29 is 8.42 Å². The molecule has 112 valence electrons. The van der Waals surface area contributed by atoms with Gasteiger partial charge in [0, 0.05) is 18.6 Å². The molecule has 20 heavy (non-hydrogen) atoms. The van der Waals surface area contributed by atoms with Gasteiger partial charge in [-0.25, -0.2) is 8.42 Å². The minimum atomic E-state index is -3.43. The highest BCUT2D eigenvalue weighted by atomic mass is 32.2. The molecule has 5 heteroatoms. The summed E-state index contributed by atoms with van der Waals surface area (Å²) in [6.45, 7) is 8.17. The van der Waals surface area contributed by atoms with Gasteiger partial charge in [-0.1, -0.05) is 17.7 Å². The summed E-state index contributed by atoms with van der Waals surface area (Å²) in [4.78, 5) is 0.463. The molecule has 0 aromatic heterocycles. The molecule has 4 nitrogen and oxygen atoms in total. The fraction of sp³-hybridized carbons (Fsp3) is 0.600. The predicted molar refractivity (Wildman–Crippen MR) is 81.2 cm³/mol. The molecule has 1 fully saturated rings. The first-order chi connectivity index (χ1) is 9.23. The van der Waals surface area contributed by atoms with Gasteiger partial charge in [-0.05, 0) is 51.7 Å². The van der Waals surface area contributed by atoms with Crippen molar-refractivity contribution in [2.45, 2.75) is 57.5 Å². The molecule has 0 radical (unpaired) electrons. The van der Waals surface area contributed by atoms with E-state index in [9.17, 15) is 8.42 Å². The van der Waals surface area contributed by atoms with Crippen molar-refractivity contribution >= 4 is 10.0 Å². The summed E-state index contributed by atoms with van der Waals surface area (Å²) in [5.41, 5.74) is 8.67. The van der Waals surface area contributed by atoms with Gasteiger partial charge in [-0.3, -0.25) is 0 Å². The maximum Gasteiger partial charge on any atom is 0.243 e. The molecular weight excluding hydrogens is 272 g/mol. The summed E-state index contributed by atoms with van der Waals surface area (Å²) in [5, 5.41) is 0. The second-order valence-electron chi connectivity index (χ2n) is 5.98. The van der Waals surface area contributed by atoms with E-state index in [2.05, 4.69) is 0 Å². The molecule has 2 unspecified atom stereocenters. The Balaban J connectivity index is 2.46. The van der Waals surface area contributed by atoms with Crippen LogP contribution in [0.3, 0.4) is 0 Å². The van der Waals surface area contributed by atoms with Crippen molar-refractivity contribution in [2.75, 3.05) is 6.54 Å². The van der Waals surface area contributed by atoms with Gasteiger partial charge in [0.15, 0.2) is 0 Å². The van der Waals surface area contributed by atoms with Crippen molar-refractivity contribution in [2.24, 2.45) is 5.73 Å². The number of benzene rings is 1. The van der Waals surface area contributed by atoms with Crippen LogP contribution in [-0.2, 0) is 10.0 Å². The van der Waals surface area contributed by atoms with Crippen LogP contribution in [0.5, 0.6) is 0 Å². The Hall–Kier alpha value is -0.910. The number of hydrogen-bond acceptors (Lipinski definition) is 3. The van der Waals surface area contributed by atoms with Gasteiger partial charge in [0.2, 0.25) is 10.0 Å². The molecule has 0 spiro atoms. The third-order valence-electron chi connectivity index (χ3n) is 4.03. The fourth-order valence-electron chi connectivity index (χ4n) is 3.24. The first-order valence-corrected chi connectivity index (χ1v) is 8.52. The number of piperidine rings is 1. The van der Waals surface area contributed by atoms with Crippen molar-refractivity contribution in [3.63, 3.8) is 0 Å². The molecule has 0 amide bonds. The van der Waals surface area contributed by atoms with Crippen LogP contribution >= 0.6 is 0 Å². The SMILES string of the molecule is Cc1cc(C)c(S(=O)(=O)N2CCC(N)CC2C)c(C)c1. The number of sulfonamides is 1. The van der Waals surface area contributed by atoms with Crippen molar-refractivity contribution in [1.82, 2.24) is 4.31 Å². The third kappa shape index (κ3) is 2.75. The summed E-state index contributed by atoms with van der Waals surface area (Å²) >= 11 is 0. The Morgan fingerprint density at radius 1 is 1.20 bits per heavy atom. The molecule has 0 aliphatic carbocycles. The van der Waals surface area contributed by atoms with Gasteiger partial charge in [0.1, 0.15) is 0 Å². The average molecular weight is 296 g/mol. The topological polar surface area (TPSA) is 63.4 Å². The van der Waals surface area contributed by atoms with Gasteiger partial charge in [0.25, 0.3) is 0 Å². The van der Waals surface area contributed by atoms with E-state index in [4.69, 9.17) is 5.73 Å². The maximum absolute atomic E-state index is 12.9. The number of aryl methyl sites for hydroxylation is 3. The van der Waals surface area contributed by atoms with Crippen LogP contribution in [-0.4, -0.2) is 31.4 Å². The molecule has 0 bridgehead atoms. The number of nitrogens with two attached hydrogens (primary N) is 1. The minimum absolute atomic E-state index is 0.0381. The Labute approximate surface area is 122 Å². The molecule has 1 aliphatic rings. The third-order valence-corrected chi connectivity index (χ3v) is 6.35. The molecule has 0 saturated carbocycles. The van der Waals surface area contributed by atoms with Crippen molar-refractivity contribution in [3.05, 3.63) is 28.8 Å². The largest absolute Gasteiger partial charge is 0.328 e. The van der Waals surface area contributed by atoms with Gasteiger partial charge in [-0.15, -0.1) is 0 Å². The van der Waals surface area contributed by atoms with Crippen molar-refractivity contribution in [1.29, 1.82) is 0 Å². The Bertz CT molecular complexity index is 587. The van der Waals surface area contributed by atoms with Crippen LogP contribution in [0.4, 0.5) is 0 Å². The first kappa shape index (κ1) is 15.5. The molecule has 1 aromatic carbocycles. The molecule has 1 heterocycles. The van der Waals surface area contributed by atoms with Crippen molar-refractivity contribution in [3.8, 4) is 0 Å². The van der Waals surface area contributed by atoms with Gasteiger partial charge in [-0.2, -0.15) is 4.31 Å². The van der Waals surface area contributed by atoms with E-state index in [1.54, 1.807) is 4.31 Å².